The summed E-state index contributed by atoms with van der Waals surface area (Å²) in [5.41, 5.74) is -2.34. The van der Waals surface area contributed by atoms with Gasteiger partial charge in [0.2, 0.25) is 5.72 Å². The molecule has 8 nitrogen and oxygen atoms in total. The van der Waals surface area contributed by atoms with Crippen LogP contribution in [-0.4, -0.2) is 54.3 Å². The fraction of sp³-hybridized carbons (Fsp3) is 0.591. The van der Waals surface area contributed by atoms with Crippen LogP contribution < -0.4 is 5.32 Å². The monoisotopic (exact) mass is 453 g/mol. The smallest absolute Gasteiger partial charge is 0.410 e. The topological polar surface area (TPSA) is 122 Å². The Balaban J connectivity index is 3.20. The molecule has 9 heteroatoms. The van der Waals surface area contributed by atoms with Gasteiger partial charge in [0, 0.05) is 21.1 Å². The average molecular weight is 454 g/mol. The Hall–Kier alpha value is -2.39. The van der Waals surface area contributed by atoms with E-state index in [1.54, 1.807) is 45.0 Å². The highest BCUT2D eigenvalue weighted by Gasteiger charge is 2.46. The van der Waals surface area contributed by atoms with Gasteiger partial charge in [0.15, 0.2) is 0 Å². The number of carboxylic acid groups (broad SMARTS) is 2. The van der Waals surface area contributed by atoms with Crippen molar-refractivity contribution < 1.29 is 34.1 Å². The van der Waals surface area contributed by atoms with Gasteiger partial charge < -0.3 is 19.7 Å². The Morgan fingerprint density at radius 1 is 1.06 bits per heavy atom. The van der Waals surface area contributed by atoms with Crippen molar-refractivity contribution in [2.75, 3.05) is 6.61 Å². The van der Waals surface area contributed by atoms with Gasteiger partial charge in [0.25, 0.3) is 0 Å². The molecule has 0 saturated heterocycles. The van der Waals surface area contributed by atoms with Gasteiger partial charge in [-0.05, 0) is 38.8 Å². The van der Waals surface area contributed by atoms with Crippen LogP contribution in [0.1, 0.15) is 32.8 Å². The molecule has 0 saturated carbocycles. The molecule has 0 aliphatic carbocycles. The van der Waals surface area contributed by atoms with Crippen molar-refractivity contribution in [2.45, 2.75) is 70.6 Å². The molecule has 0 radical (unpaired) electrons. The Morgan fingerprint density at radius 3 is 2.10 bits per heavy atom. The van der Waals surface area contributed by atoms with Gasteiger partial charge in [-0.1, -0.05) is 50.0 Å². The van der Waals surface area contributed by atoms with Crippen molar-refractivity contribution in [1.82, 2.24) is 5.32 Å². The summed E-state index contributed by atoms with van der Waals surface area (Å²) in [6, 6.07) is 9.56. The number of alkyl carbamates (subject to hydrolysis) is 1. The summed E-state index contributed by atoms with van der Waals surface area (Å²) in [7, 11) is -1.57. The minimum atomic E-state index is -2.22. The summed E-state index contributed by atoms with van der Waals surface area (Å²) in [4.78, 5) is 36.7. The molecule has 31 heavy (non-hydrogen) atoms. The number of benzene rings is 1. The molecule has 174 valence electrons. The molecule has 0 bridgehead atoms. The third kappa shape index (κ3) is 9.97. The number of carbonyl (C=O) groups excluding carboxylic acids is 1. The SMILES string of the molecule is CC(C)(C)OC(=O)N[C@](CC(Cc1ccccc1)C(=O)O)(OCC[Si](C)(C)C)C(=O)O. The lowest BCUT2D eigenvalue weighted by Crippen LogP contribution is -2.59. The molecule has 1 unspecified atom stereocenters. The lowest BCUT2D eigenvalue weighted by atomic mass is 9.90. The summed E-state index contributed by atoms with van der Waals surface area (Å²) in [6.45, 7) is 11.3. The van der Waals surface area contributed by atoms with Crippen molar-refractivity contribution >= 4 is 26.1 Å². The van der Waals surface area contributed by atoms with E-state index in [0.29, 0.717) is 6.04 Å². The van der Waals surface area contributed by atoms with Crippen molar-refractivity contribution in [3.63, 3.8) is 0 Å². The molecular weight excluding hydrogens is 418 g/mol. The average Bonchev–Trinajstić information content (AvgIpc) is 2.58. The predicted octanol–water partition coefficient (Wildman–Crippen LogP) is 3.98. The number of carbonyl (C=O) groups is 3. The van der Waals surface area contributed by atoms with E-state index in [0.717, 1.165) is 5.56 Å². The van der Waals surface area contributed by atoms with Gasteiger partial charge in [0.05, 0.1) is 5.92 Å². The zero-order valence-electron chi connectivity index (χ0n) is 19.2. The summed E-state index contributed by atoms with van der Waals surface area (Å²) in [5, 5.41) is 22.1. The highest BCUT2D eigenvalue weighted by atomic mass is 28.3. The molecule has 0 spiro atoms. The third-order valence-corrected chi connectivity index (χ3v) is 6.16. The van der Waals surface area contributed by atoms with Gasteiger partial charge >= 0.3 is 18.0 Å². The number of ether oxygens (including phenoxy) is 2. The van der Waals surface area contributed by atoms with E-state index in [4.69, 9.17) is 9.47 Å². The lowest BCUT2D eigenvalue weighted by molar-refractivity contribution is -0.175. The number of hydrogen-bond acceptors (Lipinski definition) is 5. The van der Waals surface area contributed by atoms with E-state index in [2.05, 4.69) is 25.0 Å². The van der Waals surface area contributed by atoms with Gasteiger partial charge in [-0.3, -0.25) is 10.1 Å². The molecule has 1 aromatic carbocycles. The van der Waals surface area contributed by atoms with E-state index >= 15 is 0 Å². The first-order chi connectivity index (χ1) is 14.1. The van der Waals surface area contributed by atoms with E-state index in [1.165, 1.54) is 0 Å². The van der Waals surface area contributed by atoms with Crippen molar-refractivity contribution in [3.8, 4) is 0 Å². The Labute approximate surface area is 185 Å². The largest absolute Gasteiger partial charge is 0.481 e. The highest BCUT2D eigenvalue weighted by Crippen LogP contribution is 2.25. The molecule has 0 heterocycles. The highest BCUT2D eigenvalue weighted by molar-refractivity contribution is 6.76. The van der Waals surface area contributed by atoms with Crippen LogP contribution >= 0.6 is 0 Å². The maximum absolute atomic E-state index is 12.4. The van der Waals surface area contributed by atoms with Crippen molar-refractivity contribution in [2.24, 2.45) is 5.92 Å². The summed E-state index contributed by atoms with van der Waals surface area (Å²) < 4.78 is 10.9. The normalized spacial score (nSPS) is 14.9. The van der Waals surface area contributed by atoms with Crippen molar-refractivity contribution in [1.29, 1.82) is 0 Å². The summed E-state index contributed by atoms with van der Waals surface area (Å²) in [5.74, 6) is -3.73. The molecule has 1 aromatic rings. The lowest BCUT2D eigenvalue weighted by Gasteiger charge is -2.34. The molecule has 0 aromatic heterocycles. The number of aliphatic carboxylic acids is 2. The number of rotatable bonds is 11. The molecule has 1 amide bonds. The maximum atomic E-state index is 12.4. The zero-order valence-corrected chi connectivity index (χ0v) is 20.2. The second-order valence-electron chi connectivity index (χ2n) is 9.85. The zero-order chi connectivity index (χ0) is 23.9. The van der Waals surface area contributed by atoms with Gasteiger partial charge in [0.1, 0.15) is 5.60 Å². The fourth-order valence-corrected chi connectivity index (χ4v) is 3.56. The molecule has 0 aliphatic heterocycles. The van der Waals surface area contributed by atoms with Gasteiger partial charge in [-0.15, -0.1) is 0 Å². The van der Waals surface area contributed by atoms with E-state index < -0.39 is 49.8 Å². The van der Waals surface area contributed by atoms with E-state index in [9.17, 15) is 24.6 Å². The molecule has 2 atom stereocenters. The third-order valence-electron chi connectivity index (χ3n) is 4.46. The summed E-state index contributed by atoms with van der Waals surface area (Å²) >= 11 is 0. The number of amides is 1. The first-order valence-corrected chi connectivity index (χ1v) is 14.0. The number of carboxylic acids is 2. The van der Waals surface area contributed by atoms with Crippen LogP contribution in [0, 0.1) is 5.92 Å². The fourth-order valence-electron chi connectivity index (χ4n) is 2.84. The Kier molecular flexibility index (Phi) is 9.25. The van der Waals surface area contributed by atoms with Crippen LogP contribution in [0.4, 0.5) is 4.79 Å². The molecule has 0 aliphatic rings. The number of hydrogen-bond donors (Lipinski definition) is 3. The first kappa shape index (κ1) is 26.6. The Bertz CT molecular complexity index is 755. The summed E-state index contributed by atoms with van der Waals surface area (Å²) in [6.07, 6.45) is -1.33. The molecule has 1 rings (SSSR count). The van der Waals surface area contributed by atoms with Crippen LogP contribution in [0.15, 0.2) is 30.3 Å². The minimum Gasteiger partial charge on any atom is -0.481 e. The van der Waals surface area contributed by atoms with Crippen molar-refractivity contribution in [3.05, 3.63) is 35.9 Å². The van der Waals surface area contributed by atoms with E-state index in [-0.39, 0.29) is 13.0 Å². The minimum absolute atomic E-state index is 0.0789. The quantitative estimate of drug-likeness (QED) is 0.342. The molecule has 0 fully saturated rings. The van der Waals surface area contributed by atoms with Crippen LogP contribution in [0.3, 0.4) is 0 Å². The van der Waals surface area contributed by atoms with Crippen LogP contribution in [0.25, 0.3) is 0 Å². The van der Waals surface area contributed by atoms with E-state index in [1.807, 2.05) is 6.07 Å². The van der Waals surface area contributed by atoms with Crippen LogP contribution in [0.5, 0.6) is 0 Å². The second kappa shape index (κ2) is 10.8. The molecular formula is C22H35NO7Si. The van der Waals surface area contributed by atoms with Gasteiger partial charge in [-0.2, -0.15) is 0 Å². The van der Waals surface area contributed by atoms with Gasteiger partial charge in [-0.25, -0.2) is 9.59 Å². The predicted molar refractivity (Wildman–Crippen MR) is 120 cm³/mol. The van der Waals surface area contributed by atoms with Crippen LogP contribution in [-0.2, 0) is 25.5 Å². The van der Waals surface area contributed by atoms with Crippen LogP contribution in [0.2, 0.25) is 25.7 Å². The maximum Gasteiger partial charge on any atom is 0.410 e. The first-order valence-electron chi connectivity index (χ1n) is 10.3. The standard InChI is InChI=1S/C22H35NO7Si/c1-21(2,3)30-20(28)23-22(19(26)27,29-12-13-31(4,5)6)15-17(18(24)25)14-16-10-8-7-9-11-16/h7-11,17H,12-15H2,1-6H3,(H,23,28)(H,24,25)(H,26,27)/t17?,22-/m1/s1. The number of nitrogens with one attached hydrogen (secondary N) is 1. The Morgan fingerprint density at radius 2 is 1.65 bits per heavy atom. The second-order valence-corrected chi connectivity index (χ2v) is 15.5. The molecule has 3 N–H and O–H groups in total.